The lowest BCUT2D eigenvalue weighted by Crippen LogP contribution is -2.41. The zero-order valence-corrected chi connectivity index (χ0v) is 12.9. The minimum Gasteiger partial charge on any atom is -0.352 e. The van der Waals surface area contributed by atoms with Gasteiger partial charge in [0.2, 0.25) is 5.91 Å². The van der Waals surface area contributed by atoms with E-state index in [1.54, 1.807) is 0 Å². The Labute approximate surface area is 122 Å². The third-order valence-electron chi connectivity index (χ3n) is 3.05. The summed E-state index contributed by atoms with van der Waals surface area (Å²) in [4.78, 5) is 13.9. The molecule has 0 fully saturated rings. The summed E-state index contributed by atoms with van der Waals surface area (Å²) in [6.07, 6.45) is 0.880. The van der Waals surface area contributed by atoms with Crippen LogP contribution >= 0.6 is 12.4 Å². The van der Waals surface area contributed by atoms with Gasteiger partial charge in [0.05, 0.1) is 6.54 Å². The van der Waals surface area contributed by atoms with Gasteiger partial charge in [0.1, 0.15) is 0 Å². The van der Waals surface area contributed by atoms with E-state index in [1.807, 2.05) is 25.1 Å². The highest BCUT2D eigenvalue weighted by atomic mass is 35.5. The van der Waals surface area contributed by atoms with Crippen LogP contribution in [0.1, 0.15) is 26.3 Å². The fourth-order valence-electron chi connectivity index (χ4n) is 1.99. The molecule has 19 heavy (non-hydrogen) atoms. The molecule has 0 bridgehead atoms. The second-order valence-corrected chi connectivity index (χ2v) is 4.62. The molecule has 1 amide bonds. The van der Waals surface area contributed by atoms with E-state index in [4.69, 9.17) is 0 Å². The van der Waals surface area contributed by atoms with Crippen LogP contribution < -0.4 is 5.32 Å². The lowest BCUT2D eigenvalue weighted by molar-refractivity contribution is -0.122. The third-order valence-corrected chi connectivity index (χ3v) is 3.05. The standard InChI is InChI=1S/C15H24N2O.ClH/c1-4-17(5-2)12-15(18)16-13(3)11-14-9-7-6-8-10-14;/h6-10,13H,4-5,11-12H2,1-3H3,(H,16,18);1H. The summed E-state index contributed by atoms with van der Waals surface area (Å²) in [6, 6.07) is 10.4. The van der Waals surface area contributed by atoms with Crippen molar-refractivity contribution in [2.45, 2.75) is 33.2 Å². The molecule has 0 aromatic heterocycles. The summed E-state index contributed by atoms with van der Waals surface area (Å²) in [5.41, 5.74) is 1.26. The second-order valence-electron chi connectivity index (χ2n) is 4.62. The molecule has 1 unspecified atom stereocenters. The fraction of sp³-hybridized carbons (Fsp3) is 0.533. The number of halogens is 1. The van der Waals surface area contributed by atoms with Gasteiger partial charge in [0, 0.05) is 6.04 Å². The molecular formula is C15H25ClN2O. The van der Waals surface area contributed by atoms with Gasteiger partial charge in [-0.05, 0) is 32.0 Å². The first-order valence-corrected chi connectivity index (χ1v) is 6.71. The van der Waals surface area contributed by atoms with E-state index >= 15 is 0 Å². The zero-order valence-electron chi connectivity index (χ0n) is 12.1. The molecule has 1 atom stereocenters. The van der Waals surface area contributed by atoms with Crippen molar-refractivity contribution < 1.29 is 4.79 Å². The predicted octanol–water partition coefficient (Wildman–Crippen LogP) is 2.50. The highest BCUT2D eigenvalue weighted by Gasteiger charge is 2.10. The molecule has 108 valence electrons. The molecule has 0 radical (unpaired) electrons. The number of likely N-dealkylation sites (N-methyl/N-ethyl adjacent to an activating group) is 1. The molecule has 0 saturated heterocycles. The van der Waals surface area contributed by atoms with Crippen molar-refractivity contribution in [1.29, 1.82) is 0 Å². The Bertz CT molecular complexity index is 352. The average Bonchev–Trinajstić information content (AvgIpc) is 2.36. The SMILES string of the molecule is CCN(CC)CC(=O)NC(C)Cc1ccccc1.Cl. The first-order valence-electron chi connectivity index (χ1n) is 6.71. The summed E-state index contributed by atoms with van der Waals surface area (Å²) >= 11 is 0. The number of hydrogen-bond donors (Lipinski definition) is 1. The maximum absolute atomic E-state index is 11.8. The number of rotatable bonds is 7. The van der Waals surface area contributed by atoms with E-state index in [2.05, 4.69) is 36.2 Å². The Morgan fingerprint density at radius 3 is 2.32 bits per heavy atom. The van der Waals surface area contributed by atoms with Gasteiger partial charge in [-0.3, -0.25) is 9.69 Å². The van der Waals surface area contributed by atoms with Crippen molar-refractivity contribution in [3.05, 3.63) is 35.9 Å². The number of hydrogen-bond acceptors (Lipinski definition) is 2. The molecule has 1 aromatic carbocycles. The van der Waals surface area contributed by atoms with Crippen LogP contribution in [0.4, 0.5) is 0 Å². The highest BCUT2D eigenvalue weighted by molar-refractivity contribution is 5.85. The van der Waals surface area contributed by atoms with E-state index in [-0.39, 0.29) is 24.4 Å². The van der Waals surface area contributed by atoms with Crippen molar-refractivity contribution >= 4 is 18.3 Å². The normalized spacial score (nSPS) is 11.8. The molecule has 4 heteroatoms. The fourth-order valence-corrected chi connectivity index (χ4v) is 1.99. The molecule has 3 nitrogen and oxygen atoms in total. The summed E-state index contributed by atoms with van der Waals surface area (Å²) in [6.45, 7) is 8.52. The van der Waals surface area contributed by atoms with Crippen LogP contribution in [0.2, 0.25) is 0 Å². The van der Waals surface area contributed by atoms with Crippen LogP contribution in [0.3, 0.4) is 0 Å². The molecule has 0 spiro atoms. The molecule has 1 rings (SSSR count). The van der Waals surface area contributed by atoms with Crippen molar-refractivity contribution in [2.75, 3.05) is 19.6 Å². The minimum atomic E-state index is 0. The van der Waals surface area contributed by atoms with E-state index in [0.29, 0.717) is 6.54 Å². The topological polar surface area (TPSA) is 32.3 Å². The van der Waals surface area contributed by atoms with Crippen LogP contribution in [0.5, 0.6) is 0 Å². The number of nitrogens with one attached hydrogen (secondary N) is 1. The minimum absolute atomic E-state index is 0. The number of carbonyl (C=O) groups is 1. The van der Waals surface area contributed by atoms with Gasteiger partial charge in [-0.2, -0.15) is 0 Å². The molecule has 0 aliphatic carbocycles. The molecule has 0 aliphatic rings. The maximum Gasteiger partial charge on any atom is 0.234 e. The van der Waals surface area contributed by atoms with Gasteiger partial charge in [0.25, 0.3) is 0 Å². The zero-order chi connectivity index (χ0) is 13.4. The van der Waals surface area contributed by atoms with Crippen LogP contribution in [0, 0.1) is 0 Å². The molecule has 0 saturated carbocycles. The van der Waals surface area contributed by atoms with Gasteiger partial charge >= 0.3 is 0 Å². The lowest BCUT2D eigenvalue weighted by atomic mass is 10.1. The molecule has 1 aromatic rings. The van der Waals surface area contributed by atoms with Gasteiger partial charge in [-0.15, -0.1) is 12.4 Å². The van der Waals surface area contributed by atoms with Gasteiger partial charge in [-0.1, -0.05) is 44.2 Å². The summed E-state index contributed by atoms with van der Waals surface area (Å²) in [7, 11) is 0. The summed E-state index contributed by atoms with van der Waals surface area (Å²) < 4.78 is 0. The van der Waals surface area contributed by atoms with Crippen LogP contribution in [-0.2, 0) is 11.2 Å². The Kier molecular flexibility index (Phi) is 9.27. The third kappa shape index (κ3) is 7.19. The highest BCUT2D eigenvalue weighted by Crippen LogP contribution is 2.02. The molecular weight excluding hydrogens is 260 g/mol. The van der Waals surface area contributed by atoms with Crippen molar-refractivity contribution in [3.63, 3.8) is 0 Å². The Morgan fingerprint density at radius 1 is 1.21 bits per heavy atom. The number of amides is 1. The Morgan fingerprint density at radius 2 is 1.79 bits per heavy atom. The number of benzene rings is 1. The smallest absolute Gasteiger partial charge is 0.234 e. The first-order chi connectivity index (χ1) is 8.65. The largest absolute Gasteiger partial charge is 0.352 e. The Hall–Kier alpha value is -1.06. The van der Waals surface area contributed by atoms with Crippen molar-refractivity contribution in [3.8, 4) is 0 Å². The molecule has 0 heterocycles. The van der Waals surface area contributed by atoms with Gasteiger partial charge in [0.15, 0.2) is 0 Å². The quantitative estimate of drug-likeness (QED) is 0.834. The average molecular weight is 285 g/mol. The van der Waals surface area contributed by atoms with Gasteiger partial charge < -0.3 is 5.32 Å². The maximum atomic E-state index is 11.8. The van der Waals surface area contributed by atoms with E-state index in [0.717, 1.165) is 19.5 Å². The van der Waals surface area contributed by atoms with Crippen LogP contribution in [0.15, 0.2) is 30.3 Å². The van der Waals surface area contributed by atoms with Crippen LogP contribution in [0.25, 0.3) is 0 Å². The van der Waals surface area contributed by atoms with E-state index < -0.39 is 0 Å². The van der Waals surface area contributed by atoms with Crippen LogP contribution in [-0.4, -0.2) is 36.5 Å². The van der Waals surface area contributed by atoms with E-state index in [1.165, 1.54) is 5.56 Å². The van der Waals surface area contributed by atoms with E-state index in [9.17, 15) is 4.79 Å². The number of carbonyl (C=O) groups excluding carboxylic acids is 1. The Balaban J connectivity index is 0.00000324. The monoisotopic (exact) mass is 284 g/mol. The molecule has 1 N–H and O–H groups in total. The first kappa shape index (κ1) is 17.9. The predicted molar refractivity (Wildman–Crippen MR) is 82.8 cm³/mol. The van der Waals surface area contributed by atoms with Gasteiger partial charge in [-0.25, -0.2) is 0 Å². The summed E-state index contributed by atoms with van der Waals surface area (Å²) in [5.74, 6) is 0.113. The summed E-state index contributed by atoms with van der Waals surface area (Å²) in [5, 5.41) is 3.05. The van der Waals surface area contributed by atoms with Crippen molar-refractivity contribution in [1.82, 2.24) is 10.2 Å². The van der Waals surface area contributed by atoms with Crippen molar-refractivity contribution in [2.24, 2.45) is 0 Å². The lowest BCUT2D eigenvalue weighted by Gasteiger charge is -2.20. The number of nitrogens with zero attached hydrogens (tertiary/aromatic N) is 1. The second kappa shape index (κ2) is 9.82. The molecule has 0 aliphatic heterocycles.